The van der Waals surface area contributed by atoms with Crippen LogP contribution < -0.4 is 10.6 Å². The Morgan fingerprint density at radius 1 is 1.85 bits per heavy atom. The number of nitrogens with one attached hydrogen (secondary N) is 2. The Balaban J connectivity index is 2.19. The van der Waals surface area contributed by atoms with Gasteiger partial charge in [0.15, 0.2) is 0 Å². The van der Waals surface area contributed by atoms with Crippen molar-refractivity contribution in [2.45, 2.75) is 25.8 Å². The van der Waals surface area contributed by atoms with Gasteiger partial charge in [-0.15, -0.1) is 0 Å². The van der Waals surface area contributed by atoms with E-state index in [0.717, 1.165) is 25.1 Å². The van der Waals surface area contributed by atoms with Gasteiger partial charge in [0, 0.05) is 31.1 Å². The van der Waals surface area contributed by atoms with Crippen molar-refractivity contribution in [3.63, 3.8) is 0 Å². The van der Waals surface area contributed by atoms with E-state index < -0.39 is 0 Å². The Kier molecular flexibility index (Phi) is 4.25. The zero-order chi connectivity index (χ0) is 9.68. The maximum absolute atomic E-state index is 10.8. The Morgan fingerprint density at radius 3 is 3.15 bits per heavy atom. The maximum Gasteiger partial charge on any atom is 0.220 e. The van der Waals surface area contributed by atoms with E-state index in [4.69, 9.17) is 11.6 Å². The smallest absolute Gasteiger partial charge is 0.220 e. The van der Waals surface area contributed by atoms with Gasteiger partial charge in [0.05, 0.1) is 0 Å². The highest BCUT2D eigenvalue weighted by molar-refractivity contribution is 6.25. The molecule has 1 aliphatic rings. The molecular weight excluding hydrogens is 188 g/mol. The van der Waals surface area contributed by atoms with Crippen molar-refractivity contribution in [2.24, 2.45) is 0 Å². The summed E-state index contributed by atoms with van der Waals surface area (Å²) in [5.74, 6) is 0.155. The molecule has 1 aliphatic heterocycles. The molecule has 4 heteroatoms. The Bertz CT molecular complexity index is 206. The van der Waals surface area contributed by atoms with Crippen LogP contribution in [0.5, 0.6) is 0 Å². The van der Waals surface area contributed by atoms with Crippen molar-refractivity contribution in [3.05, 3.63) is 11.1 Å². The van der Waals surface area contributed by atoms with Crippen molar-refractivity contribution >= 4 is 17.5 Å². The third-order valence-corrected chi connectivity index (χ3v) is 2.49. The summed E-state index contributed by atoms with van der Waals surface area (Å²) in [7, 11) is 0. The third kappa shape index (κ3) is 3.79. The van der Waals surface area contributed by atoms with E-state index in [-0.39, 0.29) is 5.91 Å². The predicted octanol–water partition coefficient (Wildman–Crippen LogP) is 0.997. The molecule has 1 fully saturated rings. The molecule has 0 spiro atoms. The van der Waals surface area contributed by atoms with Crippen LogP contribution in [-0.4, -0.2) is 25.0 Å². The fourth-order valence-corrected chi connectivity index (χ4v) is 1.33. The second kappa shape index (κ2) is 5.25. The van der Waals surface area contributed by atoms with Crippen LogP contribution in [0.2, 0.25) is 0 Å². The first-order valence-electron chi connectivity index (χ1n) is 4.48. The summed E-state index contributed by atoms with van der Waals surface area (Å²) in [4.78, 5) is 10.8. The van der Waals surface area contributed by atoms with Gasteiger partial charge >= 0.3 is 0 Å². The van der Waals surface area contributed by atoms with Crippen molar-refractivity contribution in [2.75, 3.05) is 13.1 Å². The van der Waals surface area contributed by atoms with Crippen LogP contribution in [0.1, 0.15) is 19.8 Å². The molecule has 1 saturated heterocycles. The number of amides is 1. The highest BCUT2D eigenvalue weighted by atomic mass is 35.5. The number of carbonyl (C=O) groups is 1. The third-order valence-electron chi connectivity index (χ3n) is 2.12. The molecular formula is C9H15ClN2O. The number of piperidine rings is 1. The summed E-state index contributed by atoms with van der Waals surface area (Å²) in [6, 6.07) is 0.393. The number of hydrogen-bond acceptors (Lipinski definition) is 2. The molecule has 0 saturated carbocycles. The fraction of sp³-hybridized carbons (Fsp3) is 0.667. The van der Waals surface area contributed by atoms with Gasteiger partial charge < -0.3 is 10.6 Å². The van der Waals surface area contributed by atoms with Crippen molar-refractivity contribution < 1.29 is 4.79 Å². The second-order valence-corrected chi connectivity index (χ2v) is 3.59. The largest absolute Gasteiger partial charge is 0.355 e. The van der Waals surface area contributed by atoms with Crippen LogP contribution in [0.3, 0.4) is 0 Å². The lowest BCUT2D eigenvalue weighted by Crippen LogP contribution is -2.46. The van der Waals surface area contributed by atoms with E-state index >= 15 is 0 Å². The molecule has 0 aromatic heterocycles. The molecule has 0 bridgehead atoms. The zero-order valence-corrected chi connectivity index (χ0v) is 8.53. The first kappa shape index (κ1) is 10.5. The van der Waals surface area contributed by atoms with Crippen LogP contribution in [-0.2, 0) is 4.79 Å². The summed E-state index contributed by atoms with van der Waals surface area (Å²) in [6.45, 7) is 3.50. The number of halogens is 1. The summed E-state index contributed by atoms with van der Waals surface area (Å²) >= 11 is 5.52. The molecule has 74 valence electrons. The Morgan fingerprint density at radius 2 is 2.62 bits per heavy atom. The van der Waals surface area contributed by atoms with Crippen molar-refractivity contribution in [3.8, 4) is 0 Å². The summed E-state index contributed by atoms with van der Waals surface area (Å²) in [6.07, 6.45) is 1.54. The SMILES string of the molecule is CC(=CCl)CNC1CCC(=O)NC1. The zero-order valence-electron chi connectivity index (χ0n) is 7.77. The van der Waals surface area contributed by atoms with Crippen LogP contribution in [0.15, 0.2) is 11.1 Å². The minimum atomic E-state index is 0.155. The average Bonchev–Trinajstić information content (AvgIpc) is 2.16. The number of rotatable bonds is 3. The molecule has 3 nitrogen and oxygen atoms in total. The predicted molar refractivity (Wildman–Crippen MR) is 53.6 cm³/mol. The molecule has 0 aromatic rings. The molecule has 1 atom stereocenters. The standard InChI is InChI=1S/C9H15ClN2O/c1-7(4-10)5-11-8-2-3-9(13)12-6-8/h4,8,11H,2-3,5-6H2,1H3,(H,12,13). The molecule has 1 unspecified atom stereocenters. The van der Waals surface area contributed by atoms with E-state index in [2.05, 4.69) is 10.6 Å². The van der Waals surface area contributed by atoms with E-state index in [1.165, 1.54) is 0 Å². The first-order chi connectivity index (χ1) is 6.22. The molecule has 1 heterocycles. The van der Waals surface area contributed by atoms with E-state index in [1.807, 2.05) is 6.92 Å². The fourth-order valence-electron chi connectivity index (χ4n) is 1.25. The molecule has 2 N–H and O–H groups in total. The quantitative estimate of drug-likeness (QED) is 0.717. The van der Waals surface area contributed by atoms with E-state index in [0.29, 0.717) is 12.5 Å². The summed E-state index contributed by atoms with van der Waals surface area (Å²) in [5, 5.41) is 6.15. The molecule has 0 radical (unpaired) electrons. The van der Waals surface area contributed by atoms with E-state index in [1.54, 1.807) is 5.54 Å². The normalized spacial score (nSPS) is 24.3. The maximum atomic E-state index is 10.8. The minimum Gasteiger partial charge on any atom is -0.355 e. The highest BCUT2D eigenvalue weighted by Crippen LogP contribution is 2.03. The molecule has 13 heavy (non-hydrogen) atoms. The van der Waals surface area contributed by atoms with Gasteiger partial charge in [0.25, 0.3) is 0 Å². The second-order valence-electron chi connectivity index (χ2n) is 3.38. The van der Waals surface area contributed by atoms with Gasteiger partial charge in [-0.05, 0) is 18.9 Å². The molecule has 0 aromatic carbocycles. The van der Waals surface area contributed by atoms with Crippen molar-refractivity contribution in [1.29, 1.82) is 0 Å². The van der Waals surface area contributed by atoms with Crippen molar-refractivity contribution in [1.82, 2.24) is 10.6 Å². The van der Waals surface area contributed by atoms with Gasteiger partial charge in [-0.3, -0.25) is 4.79 Å². The lowest BCUT2D eigenvalue weighted by Gasteiger charge is -2.23. The lowest BCUT2D eigenvalue weighted by molar-refractivity contribution is -0.122. The number of carbonyl (C=O) groups excluding carboxylic acids is 1. The van der Waals surface area contributed by atoms with Gasteiger partial charge in [0.2, 0.25) is 5.91 Å². The molecule has 1 rings (SSSR count). The molecule has 1 amide bonds. The summed E-state index contributed by atoms with van der Waals surface area (Å²) in [5.41, 5.74) is 2.69. The van der Waals surface area contributed by atoms with Gasteiger partial charge in [-0.25, -0.2) is 0 Å². The van der Waals surface area contributed by atoms with Crippen LogP contribution in [0.25, 0.3) is 0 Å². The molecule has 0 aliphatic carbocycles. The Hall–Kier alpha value is -0.540. The average molecular weight is 203 g/mol. The van der Waals surface area contributed by atoms with E-state index in [9.17, 15) is 4.79 Å². The minimum absolute atomic E-state index is 0.155. The highest BCUT2D eigenvalue weighted by Gasteiger charge is 2.16. The van der Waals surface area contributed by atoms with Crippen LogP contribution >= 0.6 is 11.6 Å². The topological polar surface area (TPSA) is 41.1 Å². The monoisotopic (exact) mass is 202 g/mol. The van der Waals surface area contributed by atoms with Gasteiger partial charge in [-0.2, -0.15) is 0 Å². The first-order valence-corrected chi connectivity index (χ1v) is 4.92. The van der Waals surface area contributed by atoms with Gasteiger partial charge in [-0.1, -0.05) is 11.6 Å². The lowest BCUT2D eigenvalue weighted by atomic mass is 10.1. The van der Waals surface area contributed by atoms with Crippen LogP contribution in [0, 0.1) is 0 Å². The van der Waals surface area contributed by atoms with Gasteiger partial charge in [0.1, 0.15) is 0 Å². The Labute approximate surface area is 83.5 Å². The van der Waals surface area contributed by atoms with Crippen LogP contribution in [0.4, 0.5) is 0 Å². The summed E-state index contributed by atoms with van der Waals surface area (Å²) < 4.78 is 0. The number of hydrogen-bond donors (Lipinski definition) is 2.